The van der Waals surface area contributed by atoms with E-state index in [1.807, 2.05) is 0 Å². The maximum atomic E-state index is 4.50. The Kier molecular flexibility index (Phi) is 1.59. The van der Waals surface area contributed by atoms with E-state index >= 15 is 0 Å². The molecule has 1 aliphatic carbocycles. The molecular weight excluding hydrogens is 134 g/mol. The zero-order chi connectivity index (χ0) is 7.84. The molecule has 0 N–H and O–H groups in total. The molecule has 0 spiro atoms. The minimum absolute atomic E-state index is 0.629. The van der Waals surface area contributed by atoms with Crippen molar-refractivity contribution in [1.29, 1.82) is 0 Å². The first-order chi connectivity index (χ1) is 5.29. The van der Waals surface area contributed by atoms with Gasteiger partial charge in [0, 0.05) is 5.71 Å². The third kappa shape index (κ3) is 1.24. The topological polar surface area (TPSA) is 12.4 Å². The molecule has 2 rings (SSSR count). The number of hydrogen-bond donors (Lipinski definition) is 0. The SMILES string of the molecule is CC(C)C1=NCC=C1C1CC1. The predicted molar refractivity (Wildman–Crippen MR) is 47.9 cm³/mol. The standard InChI is InChI=1S/C10H15N/c1-7(2)10-9(5-6-11-10)8-3-4-8/h5,7-8H,3-4,6H2,1-2H3. The van der Waals surface area contributed by atoms with Crippen LogP contribution >= 0.6 is 0 Å². The average molecular weight is 149 g/mol. The molecule has 0 aromatic rings. The highest BCUT2D eigenvalue weighted by Crippen LogP contribution is 2.39. The highest BCUT2D eigenvalue weighted by Gasteiger charge is 2.31. The van der Waals surface area contributed by atoms with Crippen molar-refractivity contribution < 1.29 is 0 Å². The Labute approximate surface area is 68.2 Å². The molecule has 1 fully saturated rings. The molecule has 2 aliphatic rings. The lowest BCUT2D eigenvalue weighted by atomic mass is 9.98. The molecule has 11 heavy (non-hydrogen) atoms. The van der Waals surface area contributed by atoms with Gasteiger partial charge >= 0.3 is 0 Å². The molecule has 1 nitrogen and oxygen atoms in total. The van der Waals surface area contributed by atoms with E-state index in [0.29, 0.717) is 5.92 Å². The molecule has 0 bridgehead atoms. The lowest BCUT2D eigenvalue weighted by Crippen LogP contribution is -2.09. The van der Waals surface area contributed by atoms with Gasteiger partial charge in [0.1, 0.15) is 0 Å². The normalized spacial score (nSPS) is 23.9. The molecule has 1 heteroatoms. The Morgan fingerprint density at radius 3 is 2.73 bits per heavy atom. The quantitative estimate of drug-likeness (QED) is 0.572. The van der Waals surface area contributed by atoms with E-state index in [9.17, 15) is 0 Å². The first kappa shape index (κ1) is 7.08. The van der Waals surface area contributed by atoms with Crippen molar-refractivity contribution in [3.63, 3.8) is 0 Å². The molecule has 1 saturated carbocycles. The van der Waals surface area contributed by atoms with E-state index in [1.54, 1.807) is 5.57 Å². The van der Waals surface area contributed by atoms with Crippen molar-refractivity contribution in [3.8, 4) is 0 Å². The van der Waals surface area contributed by atoms with Gasteiger partial charge in [0.2, 0.25) is 0 Å². The van der Waals surface area contributed by atoms with Crippen molar-refractivity contribution in [3.05, 3.63) is 11.6 Å². The molecule has 60 valence electrons. The number of hydrogen-bond acceptors (Lipinski definition) is 1. The van der Waals surface area contributed by atoms with E-state index in [1.165, 1.54) is 18.6 Å². The second kappa shape index (κ2) is 2.47. The Morgan fingerprint density at radius 2 is 2.18 bits per heavy atom. The summed E-state index contributed by atoms with van der Waals surface area (Å²) >= 11 is 0. The van der Waals surface area contributed by atoms with Gasteiger partial charge < -0.3 is 0 Å². The molecule has 1 heterocycles. The molecule has 0 aromatic heterocycles. The minimum atomic E-state index is 0.629. The van der Waals surface area contributed by atoms with Crippen LogP contribution in [0, 0.1) is 11.8 Å². The van der Waals surface area contributed by atoms with Gasteiger partial charge in [-0.05, 0) is 30.3 Å². The van der Waals surface area contributed by atoms with Gasteiger partial charge in [-0.15, -0.1) is 0 Å². The number of allylic oxidation sites excluding steroid dienone is 1. The first-order valence-corrected chi connectivity index (χ1v) is 4.54. The van der Waals surface area contributed by atoms with Crippen molar-refractivity contribution >= 4 is 5.71 Å². The van der Waals surface area contributed by atoms with Gasteiger partial charge in [0.05, 0.1) is 6.54 Å². The smallest absolute Gasteiger partial charge is 0.0580 e. The van der Waals surface area contributed by atoms with Crippen LogP contribution in [0.5, 0.6) is 0 Å². The summed E-state index contributed by atoms with van der Waals surface area (Å²) < 4.78 is 0. The molecule has 1 aliphatic heterocycles. The van der Waals surface area contributed by atoms with Crippen LogP contribution in [-0.4, -0.2) is 12.3 Å². The predicted octanol–water partition coefficient (Wildman–Crippen LogP) is 2.43. The summed E-state index contributed by atoms with van der Waals surface area (Å²) in [6.07, 6.45) is 5.11. The van der Waals surface area contributed by atoms with Crippen LogP contribution in [0.3, 0.4) is 0 Å². The Bertz CT molecular complexity index is 203. The molecule has 0 atom stereocenters. The molecule has 0 saturated heterocycles. The fourth-order valence-electron chi connectivity index (χ4n) is 1.72. The fraction of sp³-hybridized carbons (Fsp3) is 0.700. The molecule has 0 unspecified atom stereocenters. The van der Waals surface area contributed by atoms with E-state index in [0.717, 1.165) is 12.5 Å². The highest BCUT2D eigenvalue weighted by atomic mass is 14.8. The van der Waals surface area contributed by atoms with Crippen molar-refractivity contribution in [1.82, 2.24) is 0 Å². The number of aliphatic imine (C=N–C) groups is 1. The summed E-state index contributed by atoms with van der Waals surface area (Å²) in [5, 5.41) is 0. The summed E-state index contributed by atoms with van der Waals surface area (Å²) in [4.78, 5) is 4.50. The molecule has 0 aromatic carbocycles. The van der Waals surface area contributed by atoms with E-state index < -0.39 is 0 Å². The third-order valence-corrected chi connectivity index (χ3v) is 2.43. The second-order valence-electron chi connectivity index (χ2n) is 3.81. The van der Waals surface area contributed by atoms with Crippen LogP contribution in [0.15, 0.2) is 16.6 Å². The van der Waals surface area contributed by atoms with E-state index in [-0.39, 0.29) is 0 Å². The Hall–Kier alpha value is -0.590. The lowest BCUT2D eigenvalue weighted by Gasteiger charge is -2.08. The largest absolute Gasteiger partial charge is 0.285 e. The zero-order valence-electron chi connectivity index (χ0n) is 7.30. The summed E-state index contributed by atoms with van der Waals surface area (Å²) in [5.74, 6) is 1.52. The van der Waals surface area contributed by atoms with Gasteiger partial charge in [-0.3, -0.25) is 4.99 Å². The maximum absolute atomic E-state index is 4.50. The van der Waals surface area contributed by atoms with Gasteiger partial charge in [-0.1, -0.05) is 19.9 Å². The van der Waals surface area contributed by atoms with Gasteiger partial charge in [0.15, 0.2) is 0 Å². The van der Waals surface area contributed by atoms with Crippen molar-refractivity contribution in [2.45, 2.75) is 26.7 Å². The summed E-state index contributed by atoms with van der Waals surface area (Å²) in [6, 6.07) is 0. The van der Waals surface area contributed by atoms with E-state index in [4.69, 9.17) is 0 Å². The van der Waals surface area contributed by atoms with Gasteiger partial charge in [0.25, 0.3) is 0 Å². The van der Waals surface area contributed by atoms with Crippen LogP contribution < -0.4 is 0 Å². The minimum Gasteiger partial charge on any atom is -0.285 e. The average Bonchev–Trinajstić information content (AvgIpc) is 2.68. The van der Waals surface area contributed by atoms with Crippen LogP contribution in [0.2, 0.25) is 0 Å². The summed E-state index contributed by atoms with van der Waals surface area (Å²) in [7, 11) is 0. The van der Waals surface area contributed by atoms with Crippen LogP contribution in [0.25, 0.3) is 0 Å². The van der Waals surface area contributed by atoms with Crippen LogP contribution in [0.1, 0.15) is 26.7 Å². The highest BCUT2D eigenvalue weighted by molar-refractivity contribution is 6.03. The Balaban J connectivity index is 2.14. The van der Waals surface area contributed by atoms with E-state index in [2.05, 4.69) is 24.9 Å². The summed E-state index contributed by atoms with van der Waals surface area (Å²) in [5.41, 5.74) is 2.95. The van der Waals surface area contributed by atoms with Crippen molar-refractivity contribution in [2.24, 2.45) is 16.8 Å². The van der Waals surface area contributed by atoms with Gasteiger partial charge in [-0.2, -0.15) is 0 Å². The second-order valence-corrected chi connectivity index (χ2v) is 3.81. The number of nitrogens with zero attached hydrogens (tertiary/aromatic N) is 1. The lowest BCUT2D eigenvalue weighted by molar-refractivity contribution is 0.869. The number of rotatable bonds is 2. The van der Waals surface area contributed by atoms with Crippen LogP contribution in [0.4, 0.5) is 0 Å². The zero-order valence-corrected chi connectivity index (χ0v) is 7.30. The fourth-order valence-corrected chi connectivity index (χ4v) is 1.72. The van der Waals surface area contributed by atoms with Crippen molar-refractivity contribution in [2.75, 3.05) is 6.54 Å². The molecule has 0 amide bonds. The maximum Gasteiger partial charge on any atom is 0.0580 e. The first-order valence-electron chi connectivity index (χ1n) is 4.54. The third-order valence-electron chi connectivity index (χ3n) is 2.43. The van der Waals surface area contributed by atoms with Gasteiger partial charge in [-0.25, -0.2) is 0 Å². The summed E-state index contributed by atoms with van der Waals surface area (Å²) in [6.45, 7) is 5.42. The molecular formula is C10H15N. The van der Waals surface area contributed by atoms with Crippen LogP contribution in [-0.2, 0) is 0 Å². The Morgan fingerprint density at radius 1 is 1.45 bits per heavy atom. The monoisotopic (exact) mass is 149 g/mol. The molecule has 0 radical (unpaired) electrons.